The summed E-state index contributed by atoms with van der Waals surface area (Å²) in [6.07, 6.45) is 5.08. The number of guanidine groups is 1. The molecule has 0 amide bonds. The van der Waals surface area contributed by atoms with Gasteiger partial charge in [-0.15, -0.1) is 35.3 Å². The molecule has 1 aromatic rings. The molecule has 0 aliphatic carbocycles. The van der Waals surface area contributed by atoms with Crippen molar-refractivity contribution >= 4 is 41.3 Å². The van der Waals surface area contributed by atoms with Crippen molar-refractivity contribution < 1.29 is 0 Å². The number of aryl methyl sites for hydroxylation is 2. The summed E-state index contributed by atoms with van der Waals surface area (Å²) >= 11 is 1.80. The average Bonchev–Trinajstić information content (AvgIpc) is 2.86. The van der Waals surface area contributed by atoms with Gasteiger partial charge < -0.3 is 15.5 Å². The van der Waals surface area contributed by atoms with Crippen LogP contribution in [0.4, 0.5) is 0 Å². The highest BCUT2D eigenvalue weighted by Gasteiger charge is 2.09. The number of hydrogen-bond donors (Lipinski definition) is 2. The quantitative estimate of drug-likeness (QED) is 0.370. The molecule has 24 heavy (non-hydrogen) atoms. The highest BCUT2D eigenvalue weighted by Crippen LogP contribution is 2.17. The van der Waals surface area contributed by atoms with Crippen molar-refractivity contribution in [3.8, 4) is 0 Å². The number of nitrogens with zero attached hydrogens (tertiary/aromatic N) is 3. The standard InChI is InChI=1S/C17H31N5S.HI/c1-4-18-17(20-10-13-22-11-6-5-7-12-22)19-9-8-16-14(2)21-15(3)23-16;/h4-13H2,1-3H3,(H2,18,19,20);1H. The molecule has 138 valence electrons. The van der Waals surface area contributed by atoms with Gasteiger partial charge in [-0.2, -0.15) is 0 Å². The minimum absolute atomic E-state index is 0. The second-order valence-corrected chi connectivity index (χ2v) is 7.37. The lowest BCUT2D eigenvalue weighted by Gasteiger charge is -2.25. The highest BCUT2D eigenvalue weighted by atomic mass is 127. The van der Waals surface area contributed by atoms with Gasteiger partial charge in [-0.05, 0) is 46.7 Å². The first kappa shape index (κ1) is 21.6. The Labute approximate surface area is 167 Å². The topological polar surface area (TPSA) is 52.6 Å². The summed E-state index contributed by atoms with van der Waals surface area (Å²) in [4.78, 5) is 13.1. The van der Waals surface area contributed by atoms with Crippen LogP contribution in [0.3, 0.4) is 0 Å². The van der Waals surface area contributed by atoms with Crippen molar-refractivity contribution in [3.63, 3.8) is 0 Å². The van der Waals surface area contributed by atoms with Crippen LogP contribution in [-0.4, -0.2) is 55.1 Å². The van der Waals surface area contributed by atoms with E-state index in [9.17, 15) is 0 Å². The molecular formula is C17H32IN5S. The summed E-state index contributed by atoms with van der Waals surface area (Å²) in [5.41, 5.74) is 1.17. The lowest BCUT2D eigenvalue weighted by molar-refractivity contribution is 0.235. The van der Waals surface area contributed by atoms with Crippen LogP contribution >= 0.6 is 35.3 Å². The van der Waals surface area contributed by atoms with Crippen molar-refractivity contribution in [2.24, 2.45) is 4.99 Å². The Morgan fingerprint density at radius 3 is 2.58 bits per heavy atom. The van der Waals surface area contributed by atoms with E-state index in [-0.39, 0.29) is 24.0 Å². The fourth-order valence-electron chi connectivity index (χ4n) is 2.93. The summed E-state index contributed by atoms with van der Waals surface area (Å²) in [5.74, 6) is 0.934. The van der Waals surface area contributed by atoms with Gasteiger partial charge in [0.25, 0.3) is 0 Å². The van der Waals surface area contributed by atoms with Gasteiger partial charge in [0.1, 0.15) is 0 Å². The molecule has 1 saturated heterocycles. The van der Waals surface area contributed by atoms with E-state index in [1.165, 1.54) is 42.9 Å². The first-order valence-corrected chi connectivity index (χ1v) is 9.68. The molecule has 0 bridgehead atoms. The van der Waals surface area contributed by atoms with Gasteiger partial charge >= 0.3 is 0 Å². The van der Waals surface area contributed by atoms with E-state index in [2.05, 4.69) is 41.3 Å². The summed E-state index contributed by atoms with van der Waals surface area (Å²) in [5, 5.41) is 7.93. The molecule has 7 heteroatoms. The van der Waals surface area contributed by atoms with E-state index in [1.54, 1.807) is 11.3 Å². The monoisotopic (exact) mass is 465 g/mol. The van der Waals surface area contributed by atoms with Crippen LogP contribution in [0.25, 0.3) is 0 Å². The number of aromatic nitrogens is 1. The molecule has 2 N–H and O–H groups in total. The molecule has 1 aliphatic heterocycles. The number of piperidine rings is 1. The summed E-state index contributed by atoms with van der Waals surface area (Å²) in [7, 11) is 0. The minimum Gasteiger partial charge on any atom is -0.357 e. The van der Waals surface area contributed by atoms with Crippen molar-refractivity contribution in [3.05, 3.63) is 15.6 Å². The molecule has 0 saturated carbocycles. The van der Waals surface area contributed by atoms with Gasteiger partial charge in [-0.3, -0.25) is 4.99 Å². The van der Waals surface area contributed by atoms with E-state index in [1.807, 2.05) is 0 Å². The maximum absolute atomic E-state index is 4.71. The van der Waals surface area contributed by atoms with E-state index < -0.39 is 0 Å². The normalized spacial score (nSPS) is 15.9. The molecule has 5 nitrogen and oxygen atoms in total. The van der Waals surface area contributed by atoms with Crippen molar-refractivity contribution in [2.75, 3.05) is 39.3 Å². The van der Waals surface area contributed by atoms with E-state index in [0.717, 1.165) is 43.6 Å². The third-order valence-corrected chi connectivity index (χ3v) is 5.26. The Morgan fingerprint density at radius 1 is 1.21 bits per heavy atom. The minimum atomic E-state index is 0. The fourth-order valence-corrected chi connectivity index (χ4v) is 3.86. The molecular weight excluding hydrogens is 433 g/mol. The van der Waals surface area contributed by atoms with Crippen LogP contribution in [0.15, 0.2) is 4.99 Å². The van der Waals surface area contributed by atoms with Gasteiger partial charge in [0.05, 0.1) is 17.2 Å². The van der Waals surface area contributed by atoms with Gasteiger partial charge in [0.15, 0.2) is 5.96 Å². The molecule has 1 aliphatic rings. The van der Waals surface area contributed by atoms with Crippen LogP contribution in [-0.2, 0) is 6.42 Å². The SMILES string of the molecule is CCNC(=NCCN1CCCCC1)NCCc1sc(C)nc1C.I. The van der Waals surface area contributed by atoms with Crippen LogP contribution in [0.2, 0.25) is 0 Å². The number of rotatable bonds is 7. The predicted octanol–water partition coefficient (Wildman–Crippen LogP) is 2.96. The van der Waals surface area contributed by atoms with Crippen LogP contribution < -0.4 is 10.6 Å². The summed E-state index contributed by atoms with van der Waals surface area (Å²) in [6.45, 7) is 12.5. The summed E-state index contributed by atoms with van der Waals surface area (Å²) < 4.78 is 0. The van der Waals surface area contributed by atoms with Crippen LogP contribution in [0.1, 0.15) is 41.8 Å². The molecule has 0 atom stereocenters. The smallest absolute Gasteiger partial charge is 0.191 e. The Hall–Kier alpha value is -0.410. The van der Waals surface area contributed by atoms with Crippen molar-refractivity contribution in [1.82, 2.24) is 20.5 Å². The van der Waals surface area contributed by atoms with Gasteiger partial charge in [-0.1, -0.05) is 6.42 Å². The first-order chi connectivity index (χ1) is 11.2. The molecule has 1 fully saturated rings. The second-order valence-electron chi connectivity index (χ2n) is 6.08. The number of aliphatic imine (C=N–C) groups is 1. The molecule has 2 rings (SSSR count). The summed E-state index contributed by atoms with van der Waals surface area (Å²) in [6, 6.07) is 0. The number of thiazole rings is 1. The van der Waals surface area contributed by atoms with Crippen LogP contribution in [0, 0.1) is 13.8 Å². The number of halogens is 1. The maximum Gasteiger partial charge on any atom is 0.191 e. The highest BCUT2D eigenvalue weighted by molar-refractivity contribution is 14.0. The van der Waals surface area contributed by atoms with E-state index >= 15 is 0 Å². The maximum atomic E-state index is 4.71. The number of likely N-dealkylation sites (tertiary alicyclic amines) is 1. The fraction of sp³-hybridized carbons (Fsp3) is 0.765. The zero-order valence-electron chi connectivity index (χ0n) is 15.2. The Bertz CT molecular complexity index is 497. The predicted molar refractivity (Wildman–Crippen MR) is 115 cm³/mol. The second kappa shape index (κ2) is 12.0. The average molecular weight is 465 g/mol. The Morgan fingerprint density at radius 2 is 1.96 bits per heavy atom. The molecule has 0 radical (unpaired) electrons. The van der Waals surface area contributed by atoms with E-state index in [0.29, 0.717) is 0 Å². The zero-order chi connectivity index (χ0) is 16.5. The molecule has 1 aromatic heterocycles. The van der Waals surface area contributed by atoms with Crippen molar-refractivity contribution in [2.45, 2.75) is 46.5 Å². The Balaban J connectivity index is 0.00000288. The van der Waals surface area contributed by atoms with Gasteiger partial charge in [0.2, 0.25) is 0 Å². The van der Waals surface area contributed by atoms with Gasteiger partial charge in [-0.25, -0.2) is 4.98 Å². The molecule has 0 unspecified atom stereocenters. The van der Waals surface area contributed by atoms with Crippen molar-refractivity contribution in [1.29, 1.82) is 0 Å². The number of nitrogens with one attached hydrogen (secondary N) is 2. The molecule has 2 heterocycles. The lowest BCUT2D eigenvalue weighted by Crippen LogP contribution is -2.39. The third kappa shape index (κ3) is 7.65. The zero-order valence-corrected chi connectivity index (χ0v) is 18.4. The first-order valence-electron chi connectivity index (χ1n) is 8.86. The van der Waals surface area contributed by atoms with Crippen LogP contribution in [0.5, 0.6) is 0 Å². The molecule has 0 aromatic carbocycles. The largest absolute Gasteiger partial charge is 0.357 e. The number of hydrogen-bond acceptors (Lipinski definition) is 4. The molecule has 0 spiro atoms. The lowest BCUT2D eigenvalue weighted by atomic mass is 10.1. The van der Waals surface area contributed by atoms with E-state index in [4.69, 9.17) is 4.99 Å². The Kier molecular flexibility index (Phi) is 10.8. The van der Waals surface area contributed by atoms with Gasteiger partial charge in [0, 0.05) is 30.9 Å². The third-order valence-electron chi connectivity index (χ3n) is 4.12.